The molecule has 0 aliphatic rings. The lowest BCUT2D eigenvalue weighted by Crippen LogP contribution is -1.97. The topological polar surface area (TPSA) is 33.1 Å². The zero-order valence-electron chi connectivity index (χ0n) is 9.48. The van der Waals surface area contributed by atoms with Gasteiger partial charge in [-0.1, -0.05) is 45.4 Å². The molecular formula is C12H21NOS. The predicted octanol–water partition coefficient (Wildman–Crippen LogP) is 3.93. The normalized spacial score (nSPS) is 12.9. The molecule has 2 nitrogen and oxygen atoms in total. The van der Waals surface area contributed by atoms with Crippen LogP contribution in [0.3, 0.4) is 0 Å². The van der Waals surface area contributed by atoms with Crippen LogP contribution in [0.15, 0.2) is 10.9 Å². The Bertz CT molecular complexity index is 236. The van der Waals surface area contributed by atoms with E-state index in [1.54, 1.807) is 16.8 Å². The molecule has 0 amide bonds. The van der Waals surface area contributed by atoms with E-state index in [4.69, 9.17) is 0 Å². The molecule has 1 heterocycles. The highest BCUT2D eigenvalue weighted by molar-refractivity contribution is 7.07. The first kappa shape index (κ1) is 12.7. The molecule has 0 saturated heterocycles. The number of unbranched alkanes of at least 4 members (excludes halogenated alkanes) is 5. The van der Waals surface area contributed by atoms with Crippen LogP contribution in [-0.2, 0) is 0 Å². The van der Waals surface area contributed by atoms with E-state index < -0.39 is 0 Å². The molecule has 15 heavy (non-hydrogen) atoms. The molecule has 0 aromatic carbocycles. The van der Waals surface area contributed by atoms with Crippen molar-refractivity contribution in [3.63, 3.8) is 0 Å². The van der Waals surface area contributed by atoms with Crippen LogP contribution in [-0.4, -0.2) is 10.1 Å². The predicted molar refractivity (Wildman–Crippen MR) is 65.1 cm³/mol. The summed E-state index contributed by atoms with van der Waals surface area (Å²) in [5.41, 5.74) is 2.62. The summed E-state index contributed by atoms with van der Waals surface area (Å²) in [5, 5.41) is 11.7. The molecule has 1 aromatic heterocycles. The minimum absolute atomic E-state index is 0.345. The Labute approximate surface area is 96.4 Å². The SMILES string of the molecule is CCCCCCCCC(O)c1cscn1. The van der Waals surface area contributed by atoms with E-state index in [1.165, 1.54) is 32.1 Å². The quantitative estimate of drug-likeness (QED) is 0.683. The zero-order valence-corrected chi connectivity index (χ0v) is 10.3. The summed E-state index contributed by atoms with van der Waals surface area (Å²) in [6.45, 7) is 2.23. The Morgan fingerprint density at radius 2 is 2.00 bits per heavy atom. The standard InChI is InChI=1S/C12H21NOS/c1-2-3-4-5-6-7-8-12(14)11-9-15-10-13-11/h9-10,12,14H,2-8H2,1H3. The van der Waals surface area contributed by atoms with Crippen molar-refractivity contribution in [3.8, 4) is 0 Å². The molecule has 0 fully saturated rings. The molecule has 1 aromatic rings. The van der Waals surface area contributed by atoms with Gasteiger partial charge in [-0.3, -0.25) is 0 Å². The van der Waals surface area contributed by atoms with Crippen molar-refractivity contribution < 1.29 is 5.11 Å². The van der Waals surface area contributed by atoms with Crippen molar-refractivity contribution in [2.45, 2.75) is 58.0 Å². The summed E-state index contributed by atoms with van der Waals surface area (Å²) < 4.78 is 0. The molecule has 0 spiro atoms. The molecule has 3 heteroatoms. The van der Waals surface area contributed by atoms with Crippen LogP contribution in [0.2, 0.25) is 0 Å². The molecule has 0 aliphatic heterocycles. The summed E-state index contributed by atoms with van der Waals surface area (Å²) in [4.78, 5) is 4.11. The second kappa shape index (κ2) is 7.83. The van der Waals surface area contributed by atoms with Crippen molar-refractivity contribution in [1.82, 2.24) is 4.98 Å². The van der Waals surface area contributed by atoms with Gasteiger partial charge in [0.05, 0.1) is 17.3 Å². The molecule has 86 valence electrons. The van der Waals surface area contributed by atoms with Crippen molar-refractivity contribution in [2.75, 3.05) is 0 Å². The van der Waals surface area contributed by atoms with Crippen LogP contribution < -0.4 is 0 Å². The molecule has 1 atom stereocenters. The maximum atomic E-state index is 9.76. The first-order chi connectivity index (χ1) is 7.34. The second-order valence-corrected chi connectivity index (χ2v) is 4.70. The van der Waals surface area contributed by atoms with Crippen molar-refractivity contribution in [1.29, 1.82) is 0 Å². The van der Waals surface area contributed by atoms with Crippen LogP contribution >= 0.6 is 11.3 Å². The number of aliphatic hydroxyl groups is 1. The minimum Gasteiger partial charge on any atom is -0.387 e. The van der Waals surface area contributed by atoms with Gasteiger partial charge in [-0.2, -0.15) is 0 Å². The van der Waals surface area contributed by atoms with E-state index in [0.717, 1.165) is 18.5 Å². The maximum Gasteiger partial charge on any atom is 0.0968 e. The molecule has 0 aliphatic carbocycles. The molecule has 1 unspecified atom stereocenters. The van der Waals surface area contributed by atoms with Gasteiger partial charge < -0.3 is 5.11 Å². The summed E-state index contributed by atoms with van der Waals surface area (Å²) in [6, 6.07) is 0. The Kier molecular flexibility index (Phi) is 6.60. The van der Waals surface area contributed by atoms with Crippen LogP contribution in [0.25, 0.3) is 0 Å². The summed E-state index contributed by atoms with van der Waals surface area (Å²) in [7, 11) is 0. The molecular weight excluding hydrogens is 206 g/mol. The first-order valence-corrected chi connectivity index (χ1v) is 6.85. The number of aromatic nitrogens is 1. The lowest BCUT2D eigenvalue weighted by atomic mass is 10.1. The van der Waals surface area contributed by atoms with E-state index in [1.807, 2.05) is 5.38 Å². The summed E-state index contributed by atoms with van der Waals surface area (Å²) in [6.07, 6.45) is 8.14. The monoisotopic (exact) mass is 227 g/mol. The van der Waals surface area contributed by atoms with Gasteiger partial charge in [-0.25, -0.2) is 4.98 Å². The van der Waals surface area contributed by atoms with E-state index in [2.05, 4.69) is 11.9 Å². The van der Waals surface area contributed by atoms with Gasteiger partial charge in [0.25, 0.3) is 0 Å². The number of rotatable bonds is 8. The fourth-order valence-electron chi connectivity index (χ4n) is 1.65. The molecule has 1 N–H and O–H groups in total. The molecule has 0 saturated carbocycles. The molecule has 1 rings (SSSR count). The Hall–Kier alpha value is -0.410. The molecule has 0 radical (unpaired) electrons. The first-order valence-electron chi connectivity index (χ1n) is 5.90. The number of thiazole rings is 1. The van der Waals surface area contributed by atoms with Crippen LogP contribution in [0, 0.1) is 0 Å². The third-order valence-corrected chi connectivity index (χ3v) is 3.23. The van der Waals surface area contributed by atoms with E-state index >= 15 is 0 Å². The van der Waals surface area contributed by atoms with E-state index in [9.17, 15) is 5.11 Å². The van der Waals surface area contributed by atoms with Crippen molar-refractivity contribution >= 4 is 11.3 Å². The van der Waals surface area contributed by atoms with Gasteiger partial charge in [0.15, 0.2) is 0 Å². The van der Waals surface area contributed by atoms with E-state index in [0.29, 0.717) is 0 Å². The highest BCUT2D eigenvalue weighted by Gasteiger charge is 2.08. The second-order valence-electron chi connectivity index (χ2n) is 3.99. The Balaban J connectivity index is 2.00. The molecule has 0 bridgehead atoms. The lowest BCUT2D eigenvalue weighted by molar-refractivity contribution is 0.159. The van der Waals surface area contributed by atoms with Gasteiger partial charge in [0.2, 0.25) is 0 Å². The number of hydrogen-bond donors (Lipinski definition) is 1. The smallest absolute Gasteiger partial charge is 0.0968 e. The maximum absolute atomic E-state index is 9.76. The fourth-order valence-corrected chi connectivity index (χ4v) is 2.25. The van der Waals surface area contributed by atoms with Crippen LogP contribution in [0.4, 0.5) is 0 Å². The average molecular weight is 227 g/mol. The van der Waals surface area contributed by atoms with Gasteiger partial charge in [0, 0.05) is 5.38 Å². The largest absolute Gasteiger partial charge is 0.387 e. The average Bonchev–Trinajstić information content (AvgIpc) is 2.76. The van der Waals surface area contributed by atoms with Crippen molar-refractivity contribution in [3.05, 3.63) is 16.6 Å². The lowest BCUT2D eigenvalue weighted by Gasteiger charge is -2.06. The zero-order chi connectivity index (χ0) is 10.9. The number of hydrogen-bond acceptors (Lipinski definition) is 3. The van der Waals surface area contributed by atoms with E-state index in [-0.39, 0.29) is 6.10 Å². The summed E-state index contributed by atoms with van der Waals surface area (Å²) in [5.74, 6) is 0. The van der Waals surface area contributed by atoms with Gasteiger partial charge in [-0.05, 0) is 6.42 Å². The van der Waals surface area contributed by atoms with Gasteiger partial charge in [-0.15, -0.1) is 11.3 Å². The summed E-state index contributed by atoms with van der Waals surface area (Å²) >= 11 is 1.55. The Morgan fingerprint density at radius 1 is 1.27 bits per heavy atom. The highest BCUT2D eigenvalue weighted by Crippen LogP contribution is 2.19. The number of nitrogens with zero attached hydrogens (tertiary/aromatic N) is 1. The van der Waals surface area contributed by atoms with Crippen LogP contribution in [0.5, 0.6) is 0 Å². The van der Waals surface area contributed by atoms with Gasteiger partial charge >= 0.3 is 0 Å². The highest BCUT2D eigenvalue weighted by atomic mass is 32.1. The minimum atomic E-state index is -0.345. The van der Waals surface area contributed by atoms with Crippen LogP contribution in [0.1, 0.15) is 63.7 Å². The number of aliphatic hydroxyl groups excluding tert-OH is 1. The van der Waals surface area contributed by atoms with Crippen molar-refractivity contribution in [2.24, 2.45) is 0 Å². The fraction of sp³-hybridized carbons (Fsp3) is 0.750. The van der Waals surface area contributed by atoms with Gasteiger partial charge in [0.1, 0.15) is 0 Å². The third-order valence-electron chi connectivity index (χ3n) is 2.62. The Morgan fingerprint density at radius 3 is 2.67 bits per heavy atom. The third kappa shape index (κ3) is 5.28.